The second-order valence-corrected chi connectivity index (χ2v) is 6.40. The third-order valence-electron chi connectivity index (χ3n) is 2.48. The van der Waals surface area contributed by atoms with Crippen LogP contribution in [0, 0.1) is 12.3 Å². The van der Waals surface area contributed by atoms with Gasteiger partial charge in [-0.1, -0.05) is 35.2 Å². The molecular formula is C14H9Cl2NO2S. The lowest BCUT2D eigenvalue weighted by molar-refractivity contribution is 0.601. The highest BCUT2D eigenvalue weighted by Gasteiger charge is 2.15. The zero-order valence-electron chi connectivity index (χ0n) is 10.1. The number of anilines is 1. The minimum atomic E-state index is -3.74. The van der Waals surface area contributed by atoms with Crippen molar-refractivity contribution in [2.75, 3.05) is 4.72 Å². The summed E-state index contributed by atoms with van der Waals surface area (Å²) in [4.78, 5) is 0.0259. The maximum Gasteiger partial charge on any atom is 0.261 e. The number of sulfonamides is 1. The Labute approximate surface area is 127 Å². The van der Waals surface area contributed by atoms with Gasteiger partial charge in [-0.05, 0) is 36.4 Å². The molecule has 6 heteroatoms. The zero-order chi connectivity index (χ0) is 14.8. The Morgan fingerprint density at radius 1 is 1.05 bits per heavy atom. The molecule has 0 aromatic heterocycles. The smallest absolute Gasteiger partial charge is 0.261 e. The molecule has 0 atom stereocenters. The predicted octanol–water partition coefficient (Wildman–Crippen LogP) is 3.78. The van der Waals surface area contributed by atoms with Crippen molar-refractivity contribution in [3.63, 3.8) is 0 Å². The van der Waals surface area contributed by atoms with E-state index in [9.17, 15) is 8.42 Å². The highest BCUT2D eigenvalue weighted by molar-refractivity contribution is 7.92. The Balaban J connectivity index is 2.35. The summed E-state index contributed by atoms with van der Waals surface area (Å²) in [7, 11) is -3.74. The van der Waals surface area contributed by atoms with E-state index in [2.05, 4.69) is 10.6 Å². The van der Waals surface area contributed by atoms with Crippen molar-refractivity contribution >= 4 is 38.9 Å². The SMILES string of the molecule is C#Cc1cccc(NS(=O)(=O)c2ccc(Cl)c(Cl)c2)c1. The van der Waals surface area contributed by atoms with Crippen LogP contribution in [-0.2, 0) is 10.0 Å². The quantitative estimate of drug-likeness (QED) is 0.873. The highest BCUT2D eigenvalue weighted by Crippen LogP contribution is 2.26. The first kappa shape index (κ1) is 14.7. The third kappa shape index (κ3) is 3.26. The summed E-state index contributed by atoms with van der Waals surface area (Å²) in [6, 6.07) is 10.6. The molecule has 0 heterocycles. The van der Waals surface area contributed by atoms with Gasteiger partial charge >= 0.3 is 0 Å². The van der Waals surface area contributed by atoms with Gasteiger partial charge in [0.15, 0.2) is 0 Å². The minimum absolute atomic E-state index is 0.0259. The van der Waals surface area contributed by atoms with E-state index in [1.807, 2.05) is 0 Å². The first-order valence-corrected chi connectivity index (χ1v) is 7.71. The Morgan fingerprint density at radius 2 is 1.80 bits per heavy atom. The number of benzene rings is 2. The zero-order valence-corrected chi connectivity index (χ0v) is 12.4. The molecule has 0 radical (unpaired) electrons. The van der Waals surface area contributed by atoms with Gasteiger partial charge in [0.05, 0.1) is 20.6 Å². The number of terminal acetylenes is 1. The maximum absolute atomic E-state index is 12.2. The summed E-state index contributed by atoms with van der Waals surface area (Å²) in [5, 5.41) is 0.465. The summed E-state index contributed by atoms with van der Waals surface area (Å²) >= 11 is 11.6. The van der Waals surface area contributed by atoms with Gasteiger partial charge in [-0.3, -0.25) is 4.72 Å². The molecule has 2 rings (SSSR count). The molecule has 0 saturated carbocycles. The van der Waals surface area contributed by atoms with Crippen LogP contribution in [0.5, 0.6) is 0 Å². The first-order chi connectivity index (χ1) is 9.42. The summed E-state index contributed by atoms with van der Waals surface area (Å²) in [5.41, 5.74) is 0.964. The van der Waals surface area contributed by atoms with Crippen LogP contribution in [0.15, 0.2) is 47.4 Å². The highest BCUT2D eigenvalue weighted by atomic mass is 35.5. The van der Waals surface area contributed by atoms with E-state index in [1.54, 1.807) is 24.3 Å². The molecule has 0 aliphatic rings. The van der Waals surface area contributed by atoms with Crippen molar-refractivity contribution < 1.29 is 8.42 Å². The van der Waals surface area contributed by atoms with E-state index in [0.717, 1.165) is 0 Å². The Morgan fingerprint density at radius 3 is 2.45 bits per heavy atom. The standard InChI is InChI=1S/C14H9Cl2NO2S/c1-2-10-4-3-5-11(8-10)17-20(18,19)12-6-7-13(15)14(16)9-12/h1,3-9,17H. The number of halogens is 2. The van der Waals surface area contributed by atoms with Gasteiger partial charge in [0.1, 0.15) is 0 Å². The molecule has 0 saturated heterocycles. The molecular weight excluding hydrogens is 317 g/mol. The lowest BCUT2D eigenvalue weighted by Gasteiger charge is -2.09. The molecule has 0 bridgehead atoms. The third-order valence-corrected chi connectivity index (χ3v) is 4.60. The van der Waals surface area contributed by atoms with E-state index in [1.165, 1.54) is 18.2 Å². The van der Waals surface area contributed by atoms with Crippen molar-refractivity contribution in [2.24, 2.45) is 0 Å². The average Bonchev–Trinajstić information content (AvgIpc) is 2.41. The number of hydrogen-bond acceptors (Lipinski definition) is 2. The van der Waals surface area contributed by atoms with E-state index >= 15 is 0 Å². The van der Waals surface area contributed by atoms with Crippen LogP contribution in [0.3, 0.4) is 0 Å². The van der Waals surface area contributed by atoms with Crippen molar-refractivity contribution in [3.8, 4) is 12.3 Å². The number of nitrogens with one attached hydrogen (secondary N) is 1. The van der Waals surface area contributed by atoms with Gasteiger partial charge < -0.3 is 0 Å². The fraction of sp³-hybridized carbons (Fsp3) is 0. The van der Waals surface area contributed by atoms with Crippen LogP contribution >= 0.6 is 23.2 Å². The van der Waals surface area contributed by atoms with Crippen LogP contribution in [0.4, 0.5) is 5.69 Å². The molecule has 0 aliphatic heterocycles. The van der Waals surface area contributed by atoms with Gasteiger partial charge in [-0.25, -0.2) is 8.42 Å². The predicted molar refractivity (Wildman–Crippen MR) is 81.6 cm³/mol. The molecule has 0 unspecified atom stereocenters. The van der Waals surface area contributed by atoms with E-state index < -0.39 is 10.0 Å². The monoisotopic (exact) mass is 325 g/mol. The summed E-state index contributed by atoms with van der Waals surface area (Å²) < 4.78 is 26.8. The minimum Gasteiger partial charge on any atom is -0.280 e. The fourth-order valence-corrected chi connectivity index (χ4v) is 2.97. The van der Waals surface area contributed by atoms with Crippen LogP contribution in [-0.4, -0.2) is 8.42 Å². The Kier molecular flexibility index (Phi) is 4.24. The second-order valence-electron chi connectivity index (χ2n) is 3.91. The van der Waals surface area contributed by atoms with Crippen LogP contribution in [0.25, 0.3) is 0 Å². The van der Waals surface area contributed by atoms with E-state index in [0.29, 0.717) is 16.3 Å². The molecule has 3 nitrogen and oxygen atoms in total. The summed E-state index contributed by atoms with van der Waals surface area (Å²) in [6.45, 7) is 0. The first-order valence-electron chi connectivity index (χ1n) is 5.47. The van der Waals surface area contributed by atoms with Crippen molar-refractivity contribution in [2.45, 2.75) is 4.90 Å². The number of hydrogen-bond donors (Lipinski definition) is 1. The van der Waals surface area contributed by atoms with Gasteiger partial charge in [0.25, 0.3) is 10.0 Å². The Bertz CT molecular complexity index is 795. The summed E-state index contributed by atoms with van der Waals surface area (Å²) in [6.07, 6.45) is 5.27. The lowest BCUT2D eigenvalue weighted by atomic mass is 10.2. The number of rotatable bonds is 3. The Hall–Kier alpha value is -1.67. The maximum atomic E-state index is 12.2. The molecule has 2 aromatic rings. The van der Waals surface area contributed by atoms with Gasteiger partial charge in [-0.2, -0.15) is 0 Å². The van der Waals surface area contributed by atoms with E-state index in [4.69, 9.17) is 29.6 Å². The van der Waals surface area contributed by atoms with Crippen molar-refractivity contribution in [1.82, 2.24) is 0 Å². The molecule has 1 N–H and O–H groups in total. The average molecular weight is 326 g/mol. The molecule has 102 valence electrons. The summed E-state index contributed by atoms with van der Waals surface area (Å²) in [5.74, 6) is 2.44. The van der Waals surface area contributed by atoms with Gasteiger partial charge in [0.2, 0.25) is 0 Å². The van der Waals surface area contributed by atoms with Crippen molar-refractivity contribution in [1.29, 1.82) is 0 Å². The molecule has 0 spiro atoms. The largest absolute Gasteiger partial charge is 0.280 e. The molecule has 2 aromatic carbocycles. The molecule has 20 heavy (non-hydrogen) atoms. The normalized spacial score (nSPS) is 10.8. The lowest BCUT2D eigenvalue weighted by Crippen LogP contribution is -2.13. The van der Waals surface area contributed by atoms with Crippen LogP contribution in [0.2, 0.25) is 10.0 Å². The van der Waals surface area contributed by atoms with Crippen LogP contribution in [0.1, 0.15) is 5.56 Å². The van der Waals surface area contributed by atoms with Gasteiger partial charge in [0, 0.05) is 5.56 Å². The van der Waals surface area contributed by atoms with E-state index in [-0.39, 0.29) is 9.92 Å². The van der Waals surface area contributed by atoms with Gasteiger partial charge in [-0.15, -0.1) is 6.42 Å². The molecule has 0 fully saturated rings. The van der Waals surface area contributed by atoms with Crippen molar-refractivity contribution in [3.05, 3.63) is 58.1 Å². The second kappa shape index (κ2) is 5.76. The molecule has 0 aliphatic carbocycles. The topological polar surface area (TPSA) is 46.2 Å². The fourth-order valence-electron chi connectivity index (χ4n) is 1.53. The van der Waals surface area contributed by atoms with Crippen LogP contribution < -0.4 is 4.72 Å². The molecule has 0 amide bonds.